The number of rotatable bonds is 0. The van der Waals surface area contributed by atoms with Gasteiger partial charge in [0, 0.05) is 0 Å². The van der Waals surface area contributed by atoms with Gasteiger partial charge in [-0.3, -0.25) is 0 Å². The molecule has 0 atom stereocenters. The maximum Gasteiger partial charge on any atom is -0.0473 e. The zero-order valence-electron chi connectivity index (χ0n) is 5.98. The van der Waals surface area contributed by atoms with E-state index in [9.17, 15) is 0 Å². The van der Waals surface area contributed by atoms with Gasteiger partial charge < -0.3 is 0 Å². The van der Waals surface area contributed by atoms with Crippen molar-refractivity contribution in [1.82, 2.24) is 0 Å². The molecule has 0 spiro atoms. The fourth-order valence-electron chi connectivity index (χ4n) is 0. The lowest BCUT2D eigenvalue weighted by Gasteiger charge is -1.31. The molecule has 0 bridgehead atoms. The van der Waals surface area contributed by atoms with Crippen molar-refractivity contribution in [3.63, 3.8) is 0 Å². The molecule has 0 nitrogen and oxygen atoms in total. The Balaban J connectivity index is -0.0000000483. The highest BCUT2D eigenvalue weighted by atomic mass is 13.2. The van der Waals surface area contributed by atoms with Crippen LogP contribution in [0.5, 0.6) is 0 Å². The van der Waals surface area contributed by atoms with Gasteiger partial charge in [0.25, 0.3) is 0 Å². The molecule has 0 aromatic carbocycles. The summed E-state index contributed by atoms with van der Waals surface area (Å²) in [5.41, 5.74) is 0. The van der Waals surface area contributed by atoms with Gasteiger partial charge in [0.05, 0.1) is 0 Å². The molecule has 0 aromatic heterocycles. The van der Waals surface area contributed by atoms with Gasteiger partial charge in [-0.15, -0.1) is 26.3 Å². The SMILES string of the molecule is C=C.C=CC.C=CC. The molecule has 0 rings (SSSR count). The molecule has 0 heterocycles. The van der Waals surface area contributed by atoms with Crippen molar-refractivity contribution < 1.29 is 0 Å². The minimum Gasteiger partial charge on any atom is -0.106 e. The summed E-state index contributed by atoms with van der Waals surface area (Å²) in [6.45, 7) is 16.5. The summed E-state index contributed by atoms with van der Waals surface area (Å²) in [7, 11) is 0. The van der Waals surface area contributed by atoms with Crippen LogP contribution in [0.25, 0.3) is 0 Å². The highest BCUT2D eigenvalue weighted by Gasteiger charge is 1.15. The third-order valence-electron chi connectivity index (χ3n) is 0. The van der Waals surface area contributed by atoms with Crippen molar-refractivity contribution >= 4 is 0 Å². The molecule has 0 aromatic rings. The molecule has 0 unspecified atom stereocenters. The van der Waals surface area contributed by atoms with Gasteiger partial charge in [-0.2, -0.15) is 0 Å². The molecule has 0 N–H and O–H groups in total. The maximum atomic E-state index is 3.36. The van der Waals surface area contributed by atoms with Crippen LogP contribution in [0.1, 0.15) is 13.8 Å². The van der Waals surface area contributed by atoms with Crippen molar-refractivity contribution in [3.8, 4) is 0 Å². The molecule has 0 aliphatic rings. The Morgan fingerprint density at radius 1 is 0.875 bits per heavy atom. The van der Waals surface area contributed by atoms with Gasteiger partial charge in [-0.1, -0.05) is 12.2 Å². The van der Waals surface area contributed by atoms with E-state index in [1.54, 1.807) is 12.2 Å². The lowest BCUT2D eigenvalue weighted by Crippen LogP contribution is -1.07. The normalized spacial score (nSPS) is 3.75. The molecule has 0 saturated carbocycles. The van der Waals surface area contributed by atoms with Crippen molar-refractivity contribution in [2.24, 2.45) is 0 Å². The largest absolute Gasteiger partial charge is 0.106 e. The quantitative estimate of drug-likeness (QED) is 0.422. The minimum absolute atomic E-state index is 1.75. The van der Waals surface area contributed by atoms with Crippen molar-refractivity contribution in [2.45, 2.75) is 13.8 Å². The Kier molecular flexibility index (Phi) is 223. The van der Waals surface area contributed by atoms with E-state index in [1.165, 1.54) is 0 Å². The van der Waals surface area contributed by atoms with E-state index >= 15 is 0 Å². The van der Waals surface area contributed by atoms with Gasteiger partial charge >= 0.3 is 0 Å². The first-order valence-corrected chi connectivity index (χ1v) is 2.47. The lowest BCUT2D eigenvalue weighted by atomic mass is 10.8. The smallest absolute Gasteiger partial charge is 0.0473 e. The average Bonchev–Trinajstić information content (AvgIpc) is 1.75. The van der Waals surface area contributed by atoms with Crippen LogP contribution >= 0.6 is 0 Å². The Labute approximate surface area is 53.2 Å². The van der Waals surface area contributed by atoms with E-state index in [0.29, 0.717) is 0 Å². The predicted octanol–water partition coefficient (Wildman–Crippen LogP) is 3.19. The first-order valence-electron chi connectivity index (χ1n) is 2.47. The third-order valence-corrected chi connectivity index (χ3v) is 0. The average molecular weight is 112 g/mol. The Morgan fingerprint density at radius 2 is 0.875 bits per heavy atom. The van der Waals surface area contributed by atoms with Crippen LogP contribution < -0.4 is 0 Å². The zero-order valence-corrected chi connectivity index (χ0v) is 5.98. The zero-order chi connectivity index (χ0) is 7.41. The second-order valence-electron chi connectivity index (χ2n) is 0.816. The van der Waals surface area contributed by atoms with Crippen LogP contribution in [0.3, 0.4) is 0 Å². The molecule has 0 amide bonds. The third kappa shape index (κ3) is 153. The molecule has 0 radical (unpaired) electrons. The van der Waals surface area contributed by atoms with Gasteiger partial charge in [0.1, 0.15) is 0 Å². The molecule has 8 heavy (non-hydrogen) atoms. The number of hydrogen-bond acceptors (Lipinski definition) is 0. The Morgan fingerprint density at radius 3 is 0.875 bits per heavy atom. The van der Waals surface area contributed by atoms with Crippen LogP contribution in [0.4, 0.5) is 0 Å². The molecule has 0 heteroatoms. The molecule has 0 aliphatic heterocycles. The van der Waals surface area contributed by atoms with Crippen LogP contribution in [-0.4, -0.2) is 0 Å². The summed E-state index contributed by atoms with van der Waals surface area (Å²) in [6.07, 6.45) is 3.50. The standard InChI is InChI=1S/2C3H6.C2H4/c2*1-3-2;1-2/h2*3H,1H2,2H3;1-2H2. The summed E-state index contributed by atoms with van der Waals surface area (Å²) in [6, 6.07) is 0. The summed E-state index contributed by atoms with van der Waals surface area (Å²) in [5, 5.41) is 0. The fraction of sp³-hybridized carbons (Fsp3) is 0.250. The number of hydrogen-bond donors (Lipinski definition) is 0. The van der Waals surface area contributed by atoms with E-state index in [-0.39, 0.29) is 0 Å². The summed E-state index contributed by atoms with van der Waals surface area (Å²) < 4.78 is 0. The van der Waals surface area contributed by atoms with Gasteiger partial charge in [0.2, 0.25) is 0 Å². The van der Waals surface area contributed by atoms with Crippen LogP contribution in [0.15, 0.2) is 38.5 Å². The Hall–Kier alpha value is -0.780. The molecule has 48 valence electrons. The fourth-order valence-corrected chi connectivity index (χ4v) is 0. The molecular weight excluding hydrogens is 96.1 g/mol. The second kappa shape index (κ2) is 114. The van der Waals surface area contributed by atoms with Crippen molar-refractivity contribution in [3.05, 3.63) is 38.5 Å². The highest BCUT2D eigenvalue weighted by Crippen LogP contribution is 1.38. The lowest BCUT2D eigenvalue weighted by molar-refractivity contribution is 1.80. The summed E-state index contributed by atoms with van der Waals surface area (Å²) in [5.74, 6) is 0. The van der Waals surface area contributed by atoms with Crippen LogP contribution in [0, 0.1) is 0 Å². The van der Waals surface area contributed by atoms with Gasteiger partial charge in [-0.25, -0.2) is 0 Å². The van der Waals surface area contributed by atoms with Gasteiger partial charge in [-0.05, 0) is 13.8 Å². The van der Waals surface area contributed by atoms with E-state index in [2.05, 4.69) is 26.3 Å². The first kappa shape index (κ1) is 15.7. The van der Waals surface area contributed by atoms with E-state index in [1.807, 2.05) is 13.8 Å². The molecule has 0 fully saturated rings. The summed E-state index contributed by atoms with van der Waals surface area (Å²) in [4.78, 5) is 0. The van der Waals surface area contributed by atoms with E-state index < -0.39 is 0 Å². The monoisotopic (exact) mass is 112 g/mol. The predicted molar refractivity (Wildman–Crippen MR) is 43.0 cm³/mol. The Bertz CT molecular complexity index is 29.3. The van der Waals surface area contributed by atoms with Crippen LogP contribution in [-0.2, 0) is 0 Å². The van der Waals surface area contributed by atoms with Crippen molar-refractivity contribution in [1.29, 1.82) is 0 Å². The molecule has 0 aliphatic carbocycles. The van der Waals surface area contributed by atoms with Gasteiger partial charge in [0.15, 0.2) is 0 Å². The molecule has 0 saturated heterocycles. The first-order chi connectivity index (χ1) is 3.83. The van der Waals surface area contributed by atoms with Crippen molar-refractivity contribution in [2.75, 3.05) is 0 Å². The van der Waals surface area contributed by atoms with E-state index in [0.717, 1.165) is 0 Å². The van der Waals surface area contributed by atoms with E-state index in [4.69, 9.17) is 0 Å². The summed E-state index contributed by atoms with van der Waals surface area (Å²) >= 11 is 0. The number of allylic oxidation sites excluding steroid dienone is 2. The highest BCUT2D eigenvalue weighted by molar-refractivity contribution is 4.51. The second-order valence-corrected chi connectivity index (χ2v) is 0.816. The van der Waals surface area contributed by atoms with Crippen LogP contribution in [0.2, 0.25) is 0 Å². The molecular formula is C8H16. The topological polar surface area (TPSA) is 0 Å². The minimum atomic E-state index is 1.75. The maximum absolute atomic E-state index is 3.36.